The summed E-state index contributed by atoms with van der Waals surface area (Å²) in [7, 11) is 8.53. The monoisotopic (exact) mass is 499 g/mol. The van der Waals surface area contributed by atoms with Gasteiger partial charge in [-0.15, -0.1) is 0 Å². The Kier molecular flexibility index (Phi) is 11.1. The first kappa shape index (κ1) is 27.5. The van der Waals surface area contributed by atoms with Gasteiger partial charge in [0.2, 0.25) is 5.75 Å². The molecule has 1 saturated heterocycles. The Labute approximate surface area is 207 Å². The number of halogens is 2. The van der Waals surface area contributed by atoms with Gasteiger partial charge in [-0.1, -0.05) is 36.2 Å². The van der Waals surface area contributed by atoms with Crippen LogP contribution in [0.4, 0.5) is 0 Å². The van der Waals surface area contributed by atoms with Gasteiger partial charge in [0.15, 0.2) is 17.3 Å². The summed E-state index contributed by atoms with van der Waals surface area (Å²) >= 11 is 12.3. The summed E-state index contributed by atoms with van der Waals surface area (Å²) in [5, 5.41) is 3.88. The molecule has 3 rings (SSSR count). The van der Waals surface area contributed by atoms with E-state index in [2.05, 4.69) is 12.2 Å². The lowest BCUT2D eigenvalue weighted by molar-refractivity contribution is -0.172. The fourth-order valence-corrected chi connectivity index (χ4v) is 4.25. The zero-order valence-electron chi connectivity index (χ0n) is 20.3. The maximum atomic E-state index is 6.24. The van der Waals surface area contributed by atoms with Crippen molar-refractivity contribution in [1.29, 1.82) is 0 Å². The zero-order chi connectivity index (χ0) is 24.4. The number of nitrogens with one attached hydrogen (secondary N) is 1. The average Bonchev–Trinajstić information content (AvgIpc) is 3.31. The van der Waals surface area contributed by atoms with Crippen molar-refractivity contribution in [3.05, 3.63) is 51.5 Å². The molecule has 0 aromatic heterocycles. The van der Waals surface area contributed by atoms with Gasteiger partial charge in [-0.05, 0) is 62.7 Å². The van der Waals surface area contributed by atoms with Gasteiger partial charge in [-0.3, -0.25) is 0 Å². The van der Waals surface area contributed by atoms with Crippen LogP contribution in [0.15, 0.2) is 30.3 Å². The molecule has 184 valence electrons. The van der Waals surface area contributed by atoms with Crippen molar-refractivity contribution >= 4 is 23.2 Å². The van der Waals surface area contributed by atoms with Crippen molar-refractivity contribution in [2.75, 3.05) is 48.6 Å². The predicted molar refractivity (Wildman–Crippen MR) is 133 cm³/mol. The molecule has 0 spiro atoms. The molecule has 33 heavy (non-hydrogen) atoms. The van der Waals surface area contributed by atoms with E-state index in [9.17, 15) is 0 Å². The van der Waals surface area contributed by atoms with Crippen molar-refractivity contribution in [2.45, 2.75) is 37.9 Å². The highest BCUT2D eigenvalue weighted by molar-refractivity contribution is 6.42. The highest BCUT2D eigenvalue weighted by Crippen LogP contribution is 2.46. The van der Waals surface area contributed by atoms with E-state index in [-0.39, 0.29) is 0 Å². The van der Waals surface area contributed by atoms with Crippen molar-refractivity contribution < 1.29 is 23.7 Å². The van der Waals surface area contributed by atoms with E-state index in [4.69, 9.17) is 46.9 Å². The molecule has 6 nitrogen and oxygen atoms in total. The minimum absolute atomic E-state index is 0.298. The topological polar surface area (TPSA) is 58.2 Å². The van der Waals surface area contributed by atoms with Crippen LogP contribution in [-0.4, -0.2) is 48.6 Å². The first-order chi connectivity index (χ1) is 15.9. The number of hydrogen-bond acceptors (Lipinski definition) is 6. The molecular formula is C25H35Cl2NO5. The predicted octanol–water partition coefficient (Wildman–Crippen LogP) is 6.03. The van der Waals surface area contributed by atoms with Gasteiger partial charge < -0.3 is 29.0 Å². The lowest BCUT2D eigenvalue weighted by atomic mass is 9.88. The van der Waals surface area contributed by atoms with Gasteiger partial charge in [0.1, 0.15) is 0 Å². The van der Waals surface area contributed by atoms with Crippen LogP contribution < -0.4 is 19.5 Å². The first-order valence-electron chi connectivity index (χ1n) is 11.0. The largest absolute Gasteiger partial charge is 0.493 e. The molecule has 2 aromatic rings. The van der Waals surface area contributed by atoms with E-state index in [1.165, 1.54) is 0 Å². The molecule has 1 atom stereocenters. The number of ether oxygens (including phenoxy) is 5. The Hall–Kier alpha value is -1.70. The molecule has 1 fully saturated rings. The van der Waals surface area contributed by atoms with Gasteiger partial charge in [-0.2, -0.15) is 0 Å². The Morgan fingerprint density at radius 2 is 1.52 bits per heavy atom. The second-order valence-corrected chi connectivity index (χ2v) is 8.50. The van der Waals surface area contributed by atoms with Gasteiger partial charge in [0.25, 0.3) is 0 Å². The summed E-state index contributed by atoms with van der Waals surface area (Å²) in [6, 6.07) is 9.62. The van der Waals surface area contributed by atoms with Crippen LogP contribution in [0.2, 0.25) is 10.0 Å². The quantitative estimate of drug-likeness (QED) is 0.454. The Balaban J connectivity index is 0.00000122. The van der Waals surface area contributed by atoms with E-state index in [0.29, 0.717) is 52.8 Å². The zero-order valence-corrected chi connectivity index (χ0v) is 21.8. The van der Waals surface area contributed by atoms with Crippen LogP contribution in [0, 0.1) is 0 Å². The van der Waals surface area contributed by atoms with Crippen LogP contribution in [0.3, 0.4) is 0 Å². The van der Waals surface area contributed by atoms with Gasteiger partial charge in [-0.25, -0.2) is 0 Å². The molecule has 0 bridgehead atoms. The van der Waals surface area contributed by atoms with Gasteiger partial charge in [0, 0.05) is 12.0 Å². The standard InChI is InChI=1S/C23H28Cl2O5.C2H7N/c1-5-15(16-6-7-18(24)19(25)12-16)8-9-23(29-10-11-30-23)17-13-20(26-2)22(28-4)21(14-17)27-3;1-3-2/h6-7,12-15H,5,8-11H2,1-4H3;3H,1-2H3. The third-order valence-electron chi connectivity index (χ3n) is 5.59. The van der Waals surface area contributed by atoms with E-state index < -0.39 is 5.79 Å². The molecule has 2 aromatic carbocycles. The smallest absolute Gasteiger partial charge is 0.203 e. The molecule has 0 amide bonds. The fourth-order valence-electron chi connectivity index (χ4n) is 3.95. The third kappa shape index (κ3) is 6.67. The molecule has 8 heteroatoms. The molecular weight excluding hydrogens is 465 g/mol. The van der Waals surface area contributed by atoms with Crippen LogP contribution in [0.25, 0.3) is 0 Å². The highest BCUT2D eigenvalue weighted by atomic mass is 35.5. The van der Waals surface area contributed by atoms with E-state index in [1.807, 2.05) is 44.4 Å². The second-order valence-electron chi connectivity index (χ2n) is 7.68. The Morgan fingerprint density at radius 1 is 0.939 bits per heavy atom. The lowest BCUT2D eigenvalue weighted by Crippen LogP contribution is -2.28. The summed E-state index contributed by atoms with van der Waals surface area (Å²) < 4.78 is 28.8. The van der Waals surface area contributed by atoms with Crippen LogP contribution >= 0.6 is 23.2 Å². The minimum Gasteiger partial charge on any atom is -0.493 e. The van der Waals surface area contributed by atoms with Crippen LogP contribution in [0.1, 0.15) is 43.2 Å². The molecule has 1 aliphatic heterocycles. The van der Waals surface area contributed by atoms with Crippen LogP contribution in [-0.2, 0) is 15.3 Å². The molecule has 1 N–H and O–H groups in total. The van der Waals surface area contributed by atoms with E-state index in [0.717, 1.165) is 24.0 Å². The highest BCUT2D eigenvalue weighted by Gasteiger charge is 2.40. The van der Waals surface area contributed by atoms with Crippen molar-refractivity contribution in [3.8, 4) is 17.2 Å². The second kappa shape index (κ2) is 13.3. The molecule has 1 aliphatic rings. The third-order valence-corrected chi connectivity index (χ3v) is 6.33. The number of rotatable bonds is 9. The Bertz CT molecular complexity index is 862. The molecule has 0 aliphatic carbocycles. The SMILES string of the molecule is CCC(CCC1(c2cc(OC)c(OC)c(OC)c2)OCCO1)c1ccc(Cl)c(Cl)c1.CNC. The normalized spacial score (nSPS) is 15.4. The first-order valence-corrected chi connectivity index (χ1v) is 11.8. The van der Waals surface area contributed by atoms with E-state index in [1.54, 1.807) is 21.3 Å². The summed E-state index contributed by atoms with van der Waals surface area (Å²) in [6.07, 6.45) is 2.48. The summed E-state index contributed by atoms with van der Waals surface area (Å²) in [5.74, 6) is 1.12. The fraction of sp³-hybridized carbons (Fsp3) is 0.520. The average molecular weight is 500 g/mol. The van der Waals surface area contributed by atoms with Gasteiger partial charge in [0.05, 0.1) is 44.6 Å². The molecule has 0 saturated carbocycles. The minimum atomic E-state index is -0.865. The van der Waals surface area contributed by atoms with Gasteiger partial charge >= 0.3 is 0 Å². The van der Waals surface area contributed by atoms with Crippen molar-refractivity contribution in [2.24, 2.45) is 0 Å². The summed E-state index contributed by atoms with van der Waals surface area (Å²) in [5.41, 5.74) is 2.00. The van der Waals surface area contributed by atoms with Crippen LogP contribution in [0.5, 0.6) is 17.2 Å². The number of methoxy groups -OCH3 is 3. The molecule has 1 unspecified atom stereocenters. The number of hydrogen-bond donors (Lipinski definition) is 1. The maximum absolute atomic E-state index is 6.24. The number of benzene rings is 2. The van der Waals surface area contributed by atoms with E-state index >= 15 is 0 Å². The summed E-state index contributed by atoms with van der Waals surface area (Å²) in [6.45, 7) is 3.22. The summed E-state index contributed by atoms with van der Waals surface area (Å²) in [4.78, 5) is 0. The molecule has 1 heterocycles. The van der Waals surface area contributed by atoms with Crippen molar-refractivity contribution in [3.63, 3.8) is 0 Å². The Morgan fingerprint density at radius 3 is 1.97 bits per heavy atom. The maximum Gasteiger partial charge on any atom is 0.203 e. The molecule has 0 radical (unpaired) electrons. The lowest BCUT2D eigenvalue weighted by Gasteiger charge is -2.30. The van der Waals surface area contributed by atoms with Crippen molar-refractivity contribution in [1.82, 2.24) is 5.32 Å².